The Kier molecular flexibility index (Phi) is 11.5. The largest absolute Gasteiger partial charge is 0.493 e. The molecule has 2 amide bonds. The van der Waals surface area contributed by atoms with Gasteiger partial charge in [0.1, 0.15) is 12.3 Å². The number of aliphatic hydroxyl groups is 1. The summed E-state index contributed by atoms with van der Waals surface area (Å²) in [5.74, 6) is -1.21. The zero-order valence-electron chi connectivity index (χ0n) is 29.6. The van der Waals surface area contributed by atoms with E-state index in [9.17, 15) is 54.0 Å². The highest BCUT2D eigenvalue weighted by atomic mass is 32.2. The van der Waals surface area contributed by atoms with Crippen LogP contribution in [0.3, 0.4) is 0 Å². The van der Waals surface area contributed by atoms with Gasteiger partial charge in [-0.3, -0.25) is 18.7 Å². The van der Waals surface area contributed by atoms with Crippen LogP contribution in [0.25, 0.3) is 0 Å². The summed E-state index contributed by atoms with van der Waals surface area (Å²) in [7, 11) is -10.3. The van der Waals surface area contributed by atoms with E-state index in [1.165, 1.54) is 38.5 Å². The average molecular weight is 839 g/mol. The number of fused-ring (bicyclic) bond motifs is 4. The number of anilines is 2. The van der Waals surface area contributed by atoms with Gasteiger partial charge in [-0.2, -0.15) is 16.8 Å². The summed E-state index contributed by atoms with van der Waals surface area (Å²) in [6, 6.07) is 2.77. The predicted octanol–water partition coefficient (Wildman–Crippen LogP) is 1.90. The van der Waals surface area contributed by atoms with Gasteiger partial charge in [0, 0.05) is 50.1 Å². The summed E-state index contributed by atoms with van der Waals surface area (Å²) in [6.45, 7) is -1.59. The fourth-order valence-corrected chi connectivity index (χ4v) is 11.2. The topological polar surface area (TPSA) is 248 Å². The number of hydrogen-bond donors (Lipinski definition) is 5. The second-order valence-corrected chi connectivity index (χ2v) is 20.2. The van der Waals surface area contributed by atoms with Gasteiger partial charge in [-0.25, -0.2) is 8.78 Å². The Bertz CT molecular complexity index is 1970. The first-order chi connectivity index (χ1) is 25.9. The lowest BCUT2D eigenvalue weighted by Crippen LogP contribution is -2.47. The van der Waals surface area contributed by atoms with E-state index in [4.69, 9.17) is 18.9 Å². The summed E-state index contributed by atoms with van der Waals surface area (Å²) in [6.07, 6.45) is -3.92. The first-order valence-electron chi connectivity index (χ1n) is 17.1. The van der Waals surface area contributed by atoms with Crippen molar-refractivity contribution in [3.8, 4) is 23.0 Å². The molecule has 2 aromatic carbocycles. The number of hydrogen-bond acceptors (Lipinski definition) is 14. The molecule has 4 heterocycles. The molecule has 6 rings (SSSR count). The molecular formula is C32H41F2N4O14PS2. The van der Waals surface area contributed by atoms with Crippen molar-refractivity contribution in [2.45, 2.75) is 48.0 Å². The van der Waals surface area contributed by atoms with Crippen molar-refractivity contribution in [1.82, 2.24) is 9.80 Å². The van der Waals surface area contributed by atoms with Crippen LogP contribution in [0, 0.1) is 0 Å². The third kappa shape index (κ3) is 8.29. The van der Waals surface area contributed by atoms with Gasteiger partial charge in [0.25, 0.3) is 32.1 Å². The van der Waals surface area contributed by atoms with Crippen molar-refractivity contribution in [3.63, 3.8) is 0 Å². The van der Waals surface area contributed by atoms with E-state index in [-0.39, 0.29) is 103 Å². The second-order valence-electron chi connectivity index (χ2n) is 13.6. The number of alkyl halides is 2. The highest BCUT2D eigenvalue weighted by Crippen LogP contribution is 2.46. The number of ether oxygens (including phenoxy) is 4. The lowest BCUT2D eigenvalue weighted by Gasteiger charge is -2.26. The van der Waals surface area contributed by atoms with Crippen molar-refractivity contribution in [2.75, 3.05) is 76.2 Å². The first-order valence-corrected chi connectivity index (χ1v) is 22.4. The number of methoxy groups -OCH3 is 2. The van der Waals surface area contributed by atoms with Crippen LogP contribution in [0.1, 0.15) is 33.6 Å². The summed E-state index contributed by atoms with van der Waals surface area (Å²) in [5.41, 5.74) is -0.151. The van der Waals surface area contributed by atoms with E-state index in [1.54, 1.807) is 0 Å². The van der Waals surface area contributed by atoms with E-state index in [0.29, 0.717) is 0 Å². The van der Waals surface area contributed by atoms with E-state index in [0.717, 1.165) is 9.80 Å². The third-order valence-corrected chi connectivity index (χ3v) is 15.3. The minimum atomic E-state index is -4.81. The van der Waals surface area contributed by atoms with Crippen molar-refractivity contribution >= 4 is 50.6 Å². The quantitative estimate of drug-likeness (QED) is 0.135. The van der Waals surface area contributed by atoms with Crippen LogP contribution >= 0.6 is 7.14 Å². The molecule has 23 heteroatoms. The second kappa shape index (κ2) is 15.5. The van der Waals surface area contributed by atoms with Crippen LogP contribution in [-0.2, 0) is 24.8 Å². The number of nitrogens with zero attached hydrogens (tertiary/aromatic N) is 2. The summed E-state index contributed by atoms with van der Waals surface area (Å²) in [4.78, 5) is 28.9. The molecule has 55 heavy (non-hydrogen) atoms. The van der Waals surface area contributed by atoms with Crippen molar-refractivity contribution in [3.05, 3.63) is 35.4 Å². The number of carbonyl (C=O) groups excluding carboxylic acids is 2. The van der Waals surface area contributed by atoms with Crippen LogP contribution in [0.15, 0.2) is 24.3 Å². The van der Waals surface area contributed by atoms with Crippen molar-refractivity contribution in [2.24, 2.45) is 0 Å². The SMILES string of the molecule is COc1cc2c(cc1OCCP(=O)(CCO)CCOc1cc3c(cc1OC)C(=O)N1CC(F)C[C@H]1C(S(=O)(=O)O)N3)NC(S(=O)(=O)O)[C@@H]1CC(F)CN1C2=O. The zero-order valence-corrected chi connectivity index (χ0v) is 32.1. The molecule has 0 aromatic heterocycles. The van der Waals surface area contributed by atoms with Gasteiger partial charge in [-0.15, -0.1) is 0 Å². The minimum Gasteiger partial charge on any atom is -0.493 e. The lowest BCUT2D eigenvalue weighted by molar-refractivity contribution is 0.0728. The Morgan fingerprint density at radius 3 is 1.47 bits per heavy atom. The summed E-state index contributed by atoms with van der Waals surface area (Å²) < 4.78 is 134. The monoisotopic (exact) mass is 838 g/mol. The molecule has 2 saturated heterocycles. The van der Waals surface area contributed by atoms with Gasteiger partial charge in [-0.1, -0.05) is 0 Å². The molecule has 18 nitrogen and oxygen atoms in total. The molecule has 4 aliphatic heterocycles. The number of rotatable bonds is 14. The number of halogens is 2. The van der Waals surface area contributed by atoms with E-state index in [2.05, 4.69) is 10.6 Å². The van der Waals surface area contributed by atoms with E-state index >= 15 is 0 Å². The van der Waals surface area contributed by atoms with Gasteiger partial charge < -0.3 is 49.1 Å². The van der Waals surface area contributed by atoms with Crippen LogP contribution in [0.4, 0.5) is 20.2 Å². The normalized spacial score (nSPS) is 25.9. The van der Waals surface area contributed by atoms with Gasteiger partial charge in [0.05, 0.1) is 82.3 Å². The highest BCUT2D eigenvalue weighted by Gasteiger charge is 2.49. The lowest BCUT2D eigenvalue weighted by atomic mass is 10.1. The first kappa shape index (κ1) is 40.7. The predicted molar refractivity (Wildman–Crippen MR) is 193 cm³/mol. The van der Waals surface area contributed by atoms with Gasteiger partial charge in [-0.05, 0) is 12.1 Å². The summed E-state index contributed by atoms with van der Waals surface area (Å²) >= 11 is 0. The molecular weight excluding hydrogens is 797 g/mol. The van der Waals surface area contributed by atoms with E-state index in [1.807, 2.05) is 0 Å². The summed E-state index contributed by atoms with van der Waals surface area (Å²) in [5, 5.41) is 11.6. The number of nitrogens with one attached hydrogen (secondary N) is 2. The number of amides is 2. The molecule has 2 fully saturated rings. The molecule has 4 aliphatic rings. The van der Waals surface area contributed by atoms with Gasteiger partial charge >= 0.3 is 0 Å². The van der Waals surface area contributed by atoms with Crippen molar-refractivity contribution in [1.29, 1.82) is 0 Å². The van der Waals surface area contributed by atoms with Crippen LogP contribution in [0.2, 0.25) is 0 Å². The molecule has 0 spiro atoms. The number of carbonyl (C=O) groups is 2. The fourth-order valence-electron chi connectivity index (χ4n) is 7.44. The maximum Gasteiger partial charge on any atom is 0.288 e. The highest BCUT2D eigenvalue weighted by molar-refractivity contribution is 7.86. The Morgan fingerprint density at radius 1 is 0.727 bits per heavy atom. The molecule has 0 bridgehead atoms. The molecule has 4 unspecified atom stereocenters. The fraction of sp³-hybridized carbons (Fsp3) is 0.562. The smallest absolute Gasteiger partial charge is 0.288 e. The number of aliphatic hydroxyl groups excluding tert-OH is 1. The minimum absolute atomic E-state index is 0.0234. The molecule has 0 aliphatic carbocycles. The average Bonchev–Trinajstić information content (AvgIpc) is 3.63. The van der Waals surface area contributed by atoms with Gasteiger partial charge in [0.15, 0.2) is 33.7 Å². The zero-order chi connectivity index (χ0) is 40.0. The Labute approximate surface area is 315 Å². The van der Waals surface area contributed by atoms with E-state index < -0.39 is 81.0 Å². The maximum atomic E-state index is 14.3. The molecule has 0 saturated carbocycles. The molecule has 304 valence electrons. The standard InChI is InChI=1S/C32H41F2N4O14PS2/c1-49-25-11-19-21(35-29(54(43,44)45)23-9-17(33)15-37(23)31(19)40)13-27(25)51-4-7-53(42,6-3-39)8-5-52-28-14-22-20(12-26(28)50-2)32(41)38-16-18(34)10-24(38)30(36-22)55(46,47)48/h11-14,17-18,23-24,29-30,35-36,39H,3-10,15-16H2,1-2H3,(H,43,44,45)(H,46,47,48)/t17?,18?,23-,24-,29?,30?,53?/m0/s1. The van der Waals surface area contributed by atoms with Crippen molar-refractivity contribution < 1.29 is 72.9 Å². The van der Waals surface area contributed by atoms with Gasteiger partial charge in [0.2, 0.25) is 0 Å². The molecule has 2 aromatic rings. The Balaban J connectivity index is 1.16. The van der Waals surface area contributed by atoms with Crippen LogP contribution < -0.4 is 29.6 Å². The number of benzene rings is 2. The van der Waals surface area contributed by atoms with Crippen LogP contribution in [0.5, 0.6) is 23.0 Å². The Hall–Kier alpha value is -3.95. The Morgan fingerprint density at radius 2 is 1.13 bits per heavy atom. The van der Waals surface area contributed by atoms with Crippen LogP contribution in [-0.4, -0.2) is 153 Å². The molecule has 5 N–H and O–H groups in total. The third-order valence-electron chi connectivity index (χ3n) is 10.1. The molecule has 6 atom stereocenters. The molecule has 0 radical (unpaired) electrons. The maximum absolute atomic E-state index is 14.3.